The van der Waals surface area contributed by atoms with Gasteiger partial charge in [0.1, 0.15) is 11.5 Å². The monoisotopic (exact) mass is 367 g/mol. The third-order valence-corrected chi connectivity index (χ3v) is 5.04. The van der Waals surface area contributed by atoms with E-state index in [1.165, 1.54) is 11.3 Å². The lowest BCUT2D eigenvalue weighted by atomic mass is 9.98. The summed E-state index contributed by atoms with van der Waals surface area (Å²) >= 11 is 1.44. The Morgan fingerprint density at radius 3 is 2.12 bits per heavy atom. The minimum atomic E-state index is -0.135. The van der Waals surface area contributed by atoms with E-state index >= 15 is 0 Å². The molecule has 1 N–H and O–H groups in total. The summed E-state index contributed by atoms with van der Waals surface area (Å²) in [5.74, 6) is 1.55. The van der Waals surface area contributed by atoms with Gasteiger partial charge < -0.3 is 14.8 Å². The molecule has 3 aromatic rings. The van der Waals surface area contributed by atoms with Gasteiger partial charge in [-0.1, -0.05) is 30.3 Å². The molecule has 3 rings (SSSR count). The lowest BCUT2D eigenvalue weighted by Gasteiger charge is -2.20. The van der Waals surface area contributed by atoms with E-state index in [1.807, 2.05) is 66.0 Å². The molecule has 1 atom stereocenters. The third kappa shape index (κ3) is 4.43. The molecule has 0 radical (unpaired) electrons. The second-order valence-corrected chi connectivity index (χ2v) is 6.78. The second-order valence-electron chi connectivity index (χ2n) is 5.83. The van der Waals surface area contributed by atoms with Crippen LogP contribution in [0.15, 0.2) is 66.0 Å². The average Bonchev–Trinajstić information content (AvgIpc) is 3.23. The largest absolute Gasteiger partial charge is 0.497 e. The molecule has 134 valence electrons. The maximum absolute atomic E-state index is 12.6. The molecule has 0 spiro atoms. The number of carbonyl (C=O) groups is 1. The van der Waals surface area contributed by atoms with Gasteiger partial charge in [0.05, 0.1) is 25.1 Å². The molecule has 1 unspecified atom stereocenters. The van der Waals surface area contributed by atoms with E-state index in [2.05, 4.69) is 5.32 Å². The first-order valence-electron chi connectivity index (χ1n) is 8.31. The number of benzene rings is 2. The van der Waals surface area contributed by atoms with Gasteiger partial charge in [-0.15, -0.1) is 11.3 Å². The van der Waals surface area contributed by atoms with E-state index in [0.29, 0.717) is 11.3 Å². The first-order chi connectivity index (χ1) is 12.7. The van der Waals surface area contributed by atoms with Crippen molar-refractivity contribution in [1.29, 1.82) is 0 Å². The number of amides is 1. The van der Waals surface area contributed by atoms with E-state index in [9.17, 15) is 4.79 Å². The summed E-state index contributed by atoms with van der Waals surface area (Å²) < 4.78 is 10.4. The van der Waals surface area contributed by atoms with Crippen molar-refractivity contribution in [3.8, 4) is 11.5 Å². The zero-order valence-electron chi connectivity index (χ0n) is 14.8. The van der Waals surface area contributed by atoms with Crippen LogP contribution >= 0.6 is 11.3 Å². The van der Waals surface area contributed by atoms with Crippen molar-refractivity contribution in [3.63, 3.8) is 0 Å². The van der Waals surface area contributed by atoms with Crippen LogP contribution in [0.25, 0.3) is 0 Å². The molecule has 0 bridgehead atoms. The minimum Gasteiger partial charge on any atom is -0.497 e. The van der Waals surface area contributed by atoms with Gasteiger partial charge >= 0.3 is 0 Å². The summed E-state index contributed by atoms with van der Waals surface area (Å²) in [6, 6.07) is 19.3. The zero-order chi connectivity index (χ0) is 18.4. The van der Waals surface area contributed by atoms with Gasteiger partial charge in [0.2, 0.25) is 0 Å². The zero-order valence-corrected chi connectivity index (χ0v) is 15.6. The van der Waals surface area contributed by atoms with Crippen molar-refractivity contribution in [1.82, 2.24) is 5.32 Å². The molecule has 0 saturated heterocycles. The van der Waals surface area contributed by atoms with Crippen LogP contribution in [0.3, 0.4) is 0 Å². The molecule has 4 nitrogen and oxygen atoms in total. The molecule has 0 saturated carbocycles. The highest BCUT2D eigenvalue weighted by Crippen LogP contribution is 2.23. The van der Waals surface area contributed by atoms with Crippen LogP contribution in [0.4, 0.5) is 0 Å². The van der Waals surface area contributed by atoms with Crippen molar-refractivity contribution in [3.05, 3.63) is 82.0 Å². The highest BCUT2D eigenvalue weighted by Gasteiger charge is 2.17. The Balaban J connectivity index is 1.82. The van der Waals surface area contributed by atoms with E-state index in [1.54, 1.807) is 14.2 Å². The summed E-state index contributed by atoms with van der Waals surface area (Å²) in [4.78, 5) is 13.3. The van der Waals surface area contributed by atoms with Crippen LogP contribution in [0.5, 0.6) is 11.5 Å². The number of ether oxygens (including phenoxy) is 2. The van der Waals surface area contributed by atoms with E-state index in [0.717, 1.165) is 22.6 Å². The van der Waals surface area contributed by atoms with Gasteiger partial charge in [-0.2, -0.15) is 0 Å². The average molecular weight is 367 g/mol. The van der Waals surface area contributed by atoms with Crippen LogP contribution in [0.2, 0.25) is 0 Å². The van der Waals surface area contributed by atoms with Crippen molar-refractivity contribution < 1.29 is 14.3 Å². The quantitative estimate of drug-likeness (QED) is 0.670. The highest BCUT2D eigenvalue weighted by atomic mass is 32.1. The van der Waals surface area contributed by atoms with Gasteiger partial charge in [-0.05, 0) is 53.3 Å². The van der Waals surface area contributed by atoms with Crippen molar-refractivity contribution >= 4 is 17.2 Å². The van der Waals surface area contributed by atoms with E-state index < -0.39 is 0 Å². The standard InChI is InChI=1S/C21H21NO3S/c1-24-17-9-5-15(6-10-17)14-19(16-7-11-18(25-2)12-8-16)22-21(23)20-4-3-13-26-20/h3-13,19H,14H2,1-2H3,(H,22,23). The van der Waals surface area contributed by atoms with Crippen LogP contribution < -0.4 is 14.8 Å². The van der Waals surface area contributed by atoms with E-state index in [4.69, 9.17) is 9.47 Å². The Bertz CT molecular complexity index is 827. The number of carbonyl (C=O) groups excluding carboxylic acids is 1. The van der Waals surface area contributed by atoms with Crippen LogP contribution in [0, 0.1) is 0 Å². The van der Waals surface area contributed by atoms with Crippen LogP contribution in [-0.2, 0) is 6.42 Å². The molecule has 2 aromatic carbocycles. The van der Waals surface area contributed by atoms with E-state index in [-0.39, 0.29) is 11.9 Å². The summed E-state index contributed by atoms with van der Waals surface area (Å²) in [5, 5.41) is 5.05. The van der Waals surface area contributed by atoms with Crippen molar-refractivity contribution in [2.45, 2.75) is 12.5 Å². The molecule has 26 heavy (non-hydrogen) atoms. The number of nitrogens with one attached hydrogen (secondary N) is 1. The molecule has 0 aliphatic heterocycles. The Hall–Kier alpha value is -2.79. The number of hydrogen-bond acceptors (Lipinski definition) is 4. The van der Waals surface area contributed by atoms with Gasteiger partial charge in [0.15, 0.2) is 0 Å². The minimum absolute atomic E-state index is 0.0608. The number of methoxy groups -OCH3 is 2. The van der Waals surface area contributed by atoms with Gasteiger partial charge in [-0.3, -0.25) is 4.79 Å². The summed E-state index contributed by atoms with van der Waals surface area (Å²) in [6.07, 6.45) is 0.688. The van der Waals surface area contributed by atoms with Crippen molar-refractivity contribution in [2.75, 3.05) is 14.2 Å². The number of rotatable bonds is 7. The maximum atomic E-state index is 12.6. The fraction of sp³-hybridized carbons (Fsp3) is 0.190. The lowest BCUT2D eigenvalue weighted by molar-refractivity contribution is 0.0940. The van der Waals surface area contributed by atoms with Crippen LogP contribution in [0.1, 0.15) is 26.8 Å². The van der Waals surface area contributed by atoms with Crippen molar-refractivity contribution in [2.24, 2.45) is 0 Å². The molecule has 0 aliphatic rings. The second kappa shape index (κ2) is 8.54. The summed E-state index contributed by atoms with van der Waals surface area (Å²) in [7, 11) is 3.29. The molecule has 1 amide bonds. The topological polar surface area (TPSA) is 47.6 Å². The third-order valence-electron chi connectivity index (χ3n) is 4.17. The molecule has 5 heteroatoms. The molecule has 0 aliphatic carbocycles. The fourth-order valence-electron chi connectivity index (χ4n) is 2.72. The predicted octanol–water partition coefficient (Wildman–Crippen LogP) is 4.48. The molecule has 1 aromatic heterocycles. The SMILES string of the molecule is COc1ccc(CC(NC(=O)c2cccs2)c2ccc(OC)cc2)cc1. The summed E-state index contributed by atoms with van der Waals surface area (Å²) in [6.45, 7) is 0. The Kier molecular flexibility index (Phi) is 5.92. The molecule has 1 heterocycles. The first kappa shape index (κ1) is 18.0. The molecular weight excluding hydrogens is 346 g/mol. The fourth-order valence-corrected chi connectivity index (χ4v) is 3.35. The Morgan fingerprint density at radius 1 is 0.962 bits per heavy atom. The highest BCUT2D eigenvalue weighted by molar-refractivity contribution is 7.12. The first-order valence-corrected chi connectivity index (χ1v) is 9.19. The van der Waals surface area contributed by atoms with Crippen LogP contribution in [-0.4, -0.2) is 20.1 Å². The molecular formula is C21H21NO3S. The Labute approximate surface area is 157 Å². The summed E-state index contributed by atoms with van der Waals surface area (Å²) in [5.41, 5.74) is 2.16. The number of thiophene rings is 1. The Morgan fingerprint density at radius 2 is 1.58 bits per heavy atom. The smallest absolute Gasteiger partial charge is 0.261 e. The normalized spacial score (nSPS) is 11.6. The predicted molar refractivity (Wildman–Crippen MR) is 104 cm³/mol. The maximum Gasteiger partial charge on any atom is 0.261 e. The molecule has 0 fully saturated rings. The number of hydrogen-bond donors (Lipinski definition) is 1. The van der Waals surface area contributed by atoms with Gasteiger partial charge in [0.25, 0.3) is 5.91 Å². The van der Waals surface area contributed by atoms with Gasteiger partial charge in [-0.25, -0.2) is 0 Å². The van der Waals surface area contributed by atoms with Gasteiger partial charge in [0, 0.05) is 0 Å². The lowest BCUT2D eigenvalue weighted by Crippen LogP contribution is -2.29.